The van der Waals surface area contributed by atoms with E-state index in [1.807, 2.05) is 38.1 Å². The number of anilines is 1. The highest BCUT2D eigenvalue weighted by atomic mass is 16.2. The number of hydrogen-bond acceptors (Lipinski definition) is 3. The molecule has 1 aromatic carbocycles. The van der Waals surface area contributed by atoms with Crippen LogP contribution in [0.5, 0.6) is 0 Å². The molecule has 0 saturated carbocycles. The van der Waals surface area contributed by atoms with Gasteiger partial charge in [-0.1, -0.05) is 26.0 Å². The molecule has 5 heteroatoms. The average Bonchev–Trinajstić information content (AvgIpc) is 2.37. The zero-order valence-corrected chi connectivity index (χ0v) is 12.5. The van der Waals surface area contributed by atoms with Crippen LogP contribution in [0.25, 0.3) is 0 Å². The van der Waals surface area contributed by atoms with E-state index in [1.54, 1.807) is 11.9 Å². The van der Waals surface area contributed by atoms with Gasteiger partial charge in [0.05, 0.1) is 6.04 Å². The van der Waals surface area contributed by atoms with Crippen molar-refractivity contribution in [2.24, 2.45) is 11.7 Å². The van der Waals surface area contributed by atoms with Crippen molar-refractivity contribution in [3.63, 3.8) is 0 Å². The molecule has 0 spiro atoms. The minimum atomic E-state index is -0.529. The van der Waals surface area contributed by atoms with Crippen LogP contribution in [0, 0.1) is 5.92 Å². The number of nitrogens with two attached hydrogens (primary N) is 1. The highest BCUT2D eigenvalue weighted by Gasteiger charge is 2.17. The van der Waals surface area contributed by atoms with Gasteiger partial charge in [-0.2, -0.15) is 0 Å². The standard InChI is InChI=1S/C15H23N3O2/c1-10(2)14(16)15(20)17-13-7-5-6-12(8-13)9-18(4)11(3)19/h5-8,10,14H,9,16H2,1-4H3,(H,17,20). The Bertz CT molecular complexity index is 486. The first kappa shape index (κ1) is 16.2. The maximum absolute atomic E-state index is 11.9. The molecule has 110 valence electrons. The molecular weight excluding hydrogens is 254 g/mol. The Labute approximate surface area is 120 Å². The average molecular weight is 277 g/mol. The van der Waals surface area contributed by atoms with E-state index >= 15 is 0 Å². The van der Waals surface area contributed by atoms with E-state index in [0.29, 0.717) is 12.2 Å². The molecule has 0 aliphatic carbocycles. The summed E-state index contributed by atoms with van der Waals surface area (Å²) in [5.74, 6) is -0.111. The summed E-state index contributed by atoms with van der Waals surface area (Å²) in [7, 11) is 1.74. The Morgan fingerprint density at radius 1 is 1.35 bits per heavy atom. The second-order valence-electron chi connectivity index (χ2n) is 5.33. The van der Waals surface area contributed by atoms with Gasteiger partial charge in [0.2, 0.25) is 11.8 Å². The third-order valence-corrected chi connectivity index (χ3v) is 3.17. The second kappa shape index (κ2) is 7.05. The maximum Gasteiger partial charge on any atom is 0.241 e. The maximum atomic E-state index is 11.9. The summed E-state index contributed by atoms with van der Waals surface area (Å²) >= 11 is 0. The van der Waals surface area contributed by atoms with Gasteiger partial charge >= 0.3 is 0 Å². The molecule has 0 saturated heterocycles. The molecule has 1 aromatic rings. The van der Waals surface area contributed by atoms with Gasteiger partial charge in [-0.05, 0) is 23.6 Å². The van der Waals surface area contributed by atoms with Gasteiger partial charge in [0.25, 0.3) is 0 Å². The first-order valence-corrected chi connectivity index (χ1v) is 6.68. The van der Waals surface area contributed by atoms with Crippen LogP contribution in [0.1, 0.15) is 26.3 Å². The zero-order valence-electron chi connectivity index (χ0n) is 12.5. The largest absolute Gasteiger partial charge is 0.342 e. The van der Waals surface area contributed by atoms with E-state index < -0.39 is 6.04 Å². The van der Waals surface area contributed by atoms with Gasteiger partial charge in [0.1, 0.15) is 0 Å². The summed E-state index contributed by atoms with van der Waals surface area (Å²) in [4.78, 5) is 24.7. The molecule has 0 aromatic heterocycles. The van der Waals surface area contributed by atoms with Gasteiger partial charge in [0, 0.05) is 26.2 Å². The minimum absolute atomic E-state index is 0.00117. The third kappa shape index (κ3) is 4.66. The number of benzene rings is 1. The summed E-state index contributed by atoms with van der Waals surface area (Å²) in [6.07, 6.45) is 0. The molecule has 20 heavy (non-hydrogen) atoms. The molecule has 0 heterocycles. The van der Waals surface area contributed by atoms with Gasteiger partial charge in [-0.15, -0.1) is 0 Å². The molecule has 0 aliphatic heterocycles. The number of amides is 2. The molecule has 0 bridgehead atoms. The van der Waals surface area contributed by atoms with Crippen molar-refractivity contribution in [1.82, 2.24) is 4.90 Å². The Morgan fingerprint density at radius 3 is 2.55 bits per heavy atom. The number of nitrogens with one attached hydrogen (secondary N) is 1. The quantitative estimate of drug-likeness (QED) is 0.858. The van der Waals surface area contributed by atoms with Crippen molar-refractivity contribution in [3.05, 3.63) is 29.8 Å². The predicted octanol–water partition coefficient (Wildman–Crippen LogP) is 1.59. The van der Waals surface area contributed by atoms with Crippen LogP contribution < -0.4 is 11.1 Å². The summed E-state index contributed by atoms with van der Waals surface area (Å²) < 4.78 is 0. The lowest BCUT2D eigenvalue weighted by atomic mass is 10.0. The fourth-order valence-corrected chi connectivity index (χ4v) is 1.66. The van der Waals surface area contributed by atoms with Crippen molar-refractivity contribution in [3.8, 4) is 0 Å². The van der Waals surface area contributed by atoms with E-state index in [9.17, 15) is 9.59 Å². The SMILES string of the molecule is CC(=O)N(C)Cc1cccc(NC(=O)C(N)C(C)C)c1. The molecule has 2 amide bonds. The molecular formula is C15H23N3O2. The van der Waals surface area contributed by atoms with Gasteiger partial charge < -0.3 is 16.0 Å². The summed E-state index contributed by atoms with van der Waals surface area (Å²) in [5.41, 5.74) is 7.45. The van der Waals surface area contributed by atoms with Crippen LogP contribution in [0.4, 0.5) is 5.69 Å². The molecule has 0 radical (unpaired) electrons. The molecule has 1 rings (SSSR count). The highest BCUT2D eigenvalue weighted by Crippen LogP contribution is 2.13. The van der Waals surface area contributed by atoms with Crippen molar-refractivity contribution in [2.45, 2.75) is 33.4 Å². The smallest absolute Gasteiger partial charge is 0.241 e. The van der Waals surface area contributed by atoms with Crippen molar-refractivity contribution in [1.29, 1.82) is 0 Å². The van der Waals surface area contributed by atoms with Crippen LogP contribution in [-0.2, 0) is 16.1 Å². The topological polar surface area (TPSA) is 75.4 Å². The minimum Gasteiger partial charge on any atom is -0.342 e. The van der Waals surface area contributed by atoms with E-state index in [2.05, 4.69) is 5.32 Å². The Balaban J connectivity index is 2.73. The van der Waals surface area contributed by atoms with Crippen molar-refractivity contribution in [2.75, 3.05) is 12.4 Å². The number of rotatable bonds is 5. The Hall–Kier alpha value is -1.88. The zero-order chi connectivity index (χ0) is 15.3. The van der Waals surface area contributed by atoms with E-state index in [4.69, 9.17) is 5.73 Å². The molecule has 1 atom stereocenters. The number of hydrogen-bond donors (Lipinski definition) is 2. The van der Waals surface area contributed by atoms with Crippen molar-refractivity contribution >= 4 is 17.5 Å². The van der Waals surface area contributed by atoms with Crippen LogP contribution >= 0.6 is 0 Å². The monoisotopic (exact) mass is 277 g/mol. The lowest BCUT2D eigenvalue weighted by Gasteiger charge is -2.17. The summed E-state index contributed by atoms with van der Waals surface area (Å²) in [5, 5.41) is 2.80. The van der Waals surface area contributed by atoms with Crippen molar-refractivity contribution < 1.29 is 9.59 Å². The van der Waals surface area contributed by atoms with Gasteiger partial charge in [-0.25, -0.2) is 0 Å². The third-order valence-electron chi connectivity index (χ3n) is 3.17. The van der Waals surface area contributed by atoms with E-state index in [-0.39, 0.29) is 17.7 Å². The first-order chi connectivity index (χ1) is 9.31. The molecule has 0 aliphatic rings. The highest BCUT2D eigenvalue weighted by molar-refractivity contribution is 5.94. The van der Waals surface area contributed by atoms with Gasteiger partial charge in [-0.3, -0.25) is 9.59 Å². The van der Waals surface area contributed by atoms with Crippen LogP contribution in [0.15, 0.2) is 24.3 Å². The normalized spacial score (nSPS) is 12.1. The van der Waals surface area contributed by atoms with E-state index in [1.165, 1.54) is 6.92 Å². The lowest BCUT2D eigenvalue weighted by molar-refractivity contribution is -0.128. The Kier molecular flexibility index (Phi) is 5.70. The summed E-state index contributed by atoms with van der Waals surface area (Å²) in [6, 6.07) is 6.89. The molecule has 3 N–H and O–H groups in total. The second-order valence-corrected chi connectivity index (χ2v) is 5.33. The summed E-state index contributed by atoms with van der Waals surface area (Å²) in [6.45, 7) is 5.84. The molecule has 1 unspecified atom stereocenters. The van der Waals surface area contributed by atoms with Crippen LogP contribution in [0.2, 0.25) is 0 Å². The predicted molar refractivity (Wildman–Crippen MR) is 80.0 cm³/mol. The number of carbonyl (C=O) groups excluding carboxylic acids is 2. The fourth-order valence-electron chi connectivity index (χ4n) is 1.66. The van der Waals surface area contributed by atoms with E-state index in [0.717, 1.165) is 5.56 Å². The van der Waals surface area contributed by atoms with Gasteiger partial charge in [0.15, 0.2) is 0 Å². The number of nitrogens with zero attached hydrogens (tertiary/aromatic N) is 1. The number of carbonyl (C=O) groups is 2. The Morgan fingerprint density at radius 2 is 2.00 bits per heavy atom. The van der Waals surface area contributed by atoms with Crippen LogP contribution in [0.3, 0.4) is 0 Å². The van der Waals surface area contributed by atoms with Crippen LogP contribution in [-0.4, -0.2) is 29.8 Å². The first-order valence-electron chi connectivity index (χ1n) is 6.68. The fraction of sp³-hybridized carbons (Fsp3) is 0.467. The molecule has 5 nitrogen and oxygen atoms in total. The lowest BCUT2D eigenvalue weighted by Crippen LogP contribution is -2.39. The molecule has 0 fully saturated rings.